The van der Waals surface area contributed by atoms with Crippen molar-refractivity contribution in [2.24, 2.45) is 5.92 Å². The van der Waals surface area contributed by atoms with E-state index >= 15 is 0 Å². The summed E-state index contributed by atoms with van der Waals surface area (Å²) >= 11 is 0. The van der Waals surface area contributed by atoms with Crippen LogP contribution in [0.1, 0.15) is 31.1 Å². The Labute approximate surface area is 109 Å². The summed E-state index contributed by atoms with van der Waals surface area (Å²) in [6.45, 7) is 6.06. The maximum atomic E-state index is 10.2. The predicted molar refractivity (Wildman–Crippen MR) is 70.5 cm³/mol. The molecule has 0 spiro atoms. The van der Waals surface area contributed by atoms with E-state index in [1.165, 1.54) is 5.56 Å². The van der Waals surface area contributed by atoms with Crippen molar-refractivity contribution in [3.63, 3.8) is 0 Å². The van der Waals surface area contributed by atoms with E-state index in [0.29, 0.717) is 25.7 Å². The molecule has 3 nitrogen and oxygen atoms in total. The number of hydrogen-bond acceptors (Lipinski definition) is 3. The predicted octanol–water partition coefficient (Wildman–Crippen LogP) is 2.33. The van der Waals surface area contributed by atoms with Gasteiger partial charge in [-0.3, -0.25) is 0 Å². The van der Waals surface area contributed by atoms with Gasteiger partial charge in [0.2, 0.25) is 0 Å². The first-order chi connectivity index (χ1) is 8.66. The van der Waals surface area contributed by atoms with E-state index in [1.54, 1.807) is 0 Å². The van der Waals surface area contributed by atoms with Crippen LogP contribution in [0, 0.1) is 5.92 Å². The zero-order chi connectivity index (χ0) is 13.0. The molecule has 1 aliphatic rings. The molecule has 3 heteroatoms. The molecule has 2 unspecified atom stereocenters. The van der Waals surface area contributed by atoms with Crippen molar-refractivity contribution in [1.82, 2.24) is 0 Å². The van der Waals surface area contributed by atoms with Gasteiger partial charge in [0.05, 0.1) is 19.8 Å². The van der Waals surface area contributed by atoms with Crippen molar-refractivity contribution in [1.29, 1.82) is 0 Å². The molecule has 100 valence electrons. The summed E-state index contributed by atoms with van der Waals surface area (Å²) in [5, 5.41) is 10.2. The maximum Gasteiger partial charge on any atom is 0.111 e. The molecule has 0 aliphatic carbocycles. The fourth-order valence-electron chi connectivity index (χ4n) is 2.23. The molecule has 1 fully saturated rings. The maximum absolute atomic E-state index is 10.2. The van der Waals surface area contributed by atoms with Crippen molar-refractivity contribution >= 4 is 0 Å². The Bertz CT molecular complexity index is 353. The van der Waals surface area contributed by atoms with E-state index in [1.807, 2.05) is 12.1 Å². The van der Waals surface area contributed by atoms with Crippen LogP contribution in [0.25, 0.3) is 0 Å². The number of hydrogen-bond donors (Lipinski definition) is 1. The van der Waals surface area contributed by atoms with E-state index < -0.39 is 6.10 Å². The molecule has 1 aliphatic heterocycles. The molecule has 1 aromatic rings. The minimum atomic E-state index is -0.599. The highest BCUT2D eigenvalue weighted by Gasteiger charge is 2.24. The third kappa shape index (κ3) is 3.55. The van der Waals surface area contributed by atoms with Gasteiger partial charge in [-0.1, -0.05) is 38.1 Å². The number of rotatable bonds is 4. The van der Waals surface area contributed by atoms with Gasteiger partial charge in [0.25, 0.3) is 0 Å². The Morgan fingerprint density at radius 3 is 2.50 bits per heavy atom. The van der Waals surface area contributed by atoms with E-state index in [4.69, 9.17) is 9.47 Å². The number of benzene rings is 1. The molecule has 1 heterocycles. The van der Waals surface area contributed by atoms with Gasteiger partial charge < -0.3 is 14.6 Å². The monoisotopic (exact) mass is 250 g/mol. The van der Waals surface area contributed by atoms with Crippen LogP contribution in [-0.4, -0.2) is 31.0 Å². The van der Waals surface area contributed by atoms with Gasteiger partial charge in [-0.15, -0.1) is 0 Å². The zero-order valence-corrected chi connectivity index (χ0v) is 11.1. The van der Waals surface area contributed by atoms with Gasteiger partial charge in [-0.05, 0) is 23.5 Å². The van der Waals surface area contributed by atoms with Gasteiger partial charge in [0.15, 0.2) is 0 Å². The van der Waals surface area contributed by atoms with Crippen LogP contribution in [0.15, 0.2) is 24.3 Å². The molecule has 2 rings (SSSR count). The van der Waals surface area contributed by atoms with Crippen LogP contribution in [0.3, 0.4) is 0 Å². The Morgan fingerprint density at radius 1 is 1.22 bits per heavy atom. The summed E-state index contributed by atoms with van der Waals surface area (Å²) in [7, 11) is 0. The first-order valence-electron chi connectivity index (χ1n) is 6.63. The summed E-state index contributed by atoms with van der Waals surface area (Å²) in [5.41, 5.74) is 2.21. The molecular weight excluding hydrogens is 228 g/mol. The summed E-state index contributed by atoms with van der Waals surface area (Å²) < 4.78 is 10.8. The van der Waals surface area contributed by atoms with Crippen molar-refractivity contribution < 1.29 is 14.6 Å². The van der Waals surface area contributed by atoms with Gasteiger partial charge in [-0.2, -0.15) is 0 Å². The van der Waals surface area contributed by atoms with Gasteiger partial charge in [0.1, 0.15) is 12.2 Å². The fourth-order valence-corrected chi connectivity index (χ4v) is 2.23. The lowest BCUT2D eigenvalue weighted by molar-refractivity contribution is -0.133. The minimum absolute atomic E-state index is 0.241. The van der Waals surface area contributed by atoms with Crippen LogP contribution in [-0.2, 0) is 15.9 Å². The number of aliphatic hydroxyl groups excluding tert-OH is 1. The van der Waals surface area contributed by atoms with Crippen molar-refractivity contribution in [2.75, 3.05) is 19.8 Å². The van der Waals surface area contributed by atoms with E-state index in [2.05, 4.69) is 26.0 Å². The minimum Gasteiger partial charge on any atom is -0.386 e. The summed E-state index contributed by atoms with van der Waals surface area (Å²) in [6.07, 6.45) is 0.229. The summed E-state index contributed by atoms with van der Waals surface area (Å²) in [6, 6.07) is 8.14. The van der Waals surface area contributed by atoms with Crippen LogP contribution < -0.4 is 0 Å². The van der Waals surface area contributed by atoms with E-state index in [-0.39, 0.29) is 6.10 Å². The average Bonchev–Trinajstić information content (AvgIpc) is 2.39. The topological polar surface area (TPSA) is 38.7 Å². The molecule has 1 saturated heterocycles. The van der Waals surface area contributed by atoms with E-state index in [0.717, 1.165) is 12.0 Å². The normalized spacial score (nSPS) is 22.1. The highest BCUT2D eigenvalue weighted by molar-refractivity contribution is 5.25. The Hall–Kier alpha value is -0.900. The fraction of sp³-hybridized carbons (Fsp3) is 0.600. The molecule has 0 radical (unpaired) electrons. The quantitative estimate of drug-likeness (QED) is 0.891. The third-order valence-corrected chi connectivity index (χ3v) is 3.16. The average molecular weight is 250 g/mol. The Morgan fingerprint density at radius 2 is 1.94 bits per heavy atom. The SMILES string of the molecule is CC(C)Cc1ccc(C(O)C2COCCO2)cc1. The number of aliphatic hydroxyl groups is 1. The van der Waals surface area contributed by atoms with Crippen molar-refractivity contribution in [2.45, 2.75) is 32.5 Å². The molecule has 1 N–H and O–H groups in total. The Balaban J connectivity index is 1.99. The molecule has 0 bridgehead atoms. The van der Waals surface area contributed by atoms with E-state index in [9.17, 15) is 5.11 Å². The van der Waals surface area contributed by atoms with Crippen molar-refractivity contribution in [3.05, 3.63) is 35.4 Å². The first-order valence-corrected chi connectivity index (χ1v) is 6.63. The van der Waals surface area contributed by atoms with Gasteiger partial charge >= 0.3 is 0 Å². The molecule has 0 amide bonds. The summed E-state index contributed by atoms with van der Waals surface area (Å²) in [5.74, 6) is 0.649. The van der Waals surface area contributed by atoms with Crippen LogP contribution in [0.4, 0.5) is 0 Å². The largest absolute Gasteiger partial charge is 0.386 e. The molecule has 18 heavy (non-hydrogen) atoms. The second-order valence-corrected chi connectivity index (χ2v) is 5.27. The van der Waals surface area contributed by atoms with Crippen LogP contribution in [0.2, 0.25) is 0 Å². The highest BCUT2D eigenvalue weighted by atomic mass is 16.6. The first kappa shape index (κ1) is 13.5. The zero-order valence-electron chi connectivity index (χ0n) is 11.1. The second-order valence-electron chi connectivity index (χ2n) is 5.27. The molecular formula is C15H22O3. The van der Waals surface area contributed by atoms with Crippen LogP contribution in [0.5, 0.6) is 0 Å². The second kappa shape index (κ2) is 6.32. The van der Waals surface area contributed by atoms with Gasteiger partial charge in [-0.25, -0.2) is 0 Å². The Kier molecular flexibility index (Phi) is 4.75. The lowest BCUT2D eigenvalue weighted by atomic mass is 9.98. The summed E-state index contributed by atoms with van der Waals surface area (Å²) in [4.78, 5) is 0. The van der Waals surface area contributed by atoms with Crippen molar-refractivity contribution in [3.8, 4) is 0 Å². The molecule has 0 aromatic heterocycles. The lowest BCUT2D eigenvalue weighted by Gasteiger charge is -2.27. The highest BCUT2D eigenvalue weighted by Crippen LogP contribution is 2.22. The molecule has 0 saturated carbocycles. The standard InChI is InChI=1S/C15H22O3/c1-11(2)9-12-3-5-13(6-4-12)15(16)14-10-17-7-8-18-14/h3-6,11,14-16H,7-10H2,1-2H3. The molecule has 2 atom stereocenters. The third-order valence-electron chi connectivity index (χ3n) is 3.16. The van der Waals surface area contributed by atoms with Crippen LogP contribution >= 0.6 is 0 Å². The molecule has 1 aromatic carbocycles. The van der Waals surface area contributed by atoms with Gasteiger partial charge in [0, 0.05) is 0 Å². The number of ether oxygens (including phenoxy) is 2. The smallest absolute Gasteiger partial charge is 0.111 e. The lowest BCUT2D eigenvalue weighted by Crippen LogP contribution is -2.33.